The van der Waals surface area contributed by atoms with Crippen LogP contribution in [0.4, 0.5) is 0 Å². The van der Waals surface area contributed by atoms with Crippen molar-refractivity contribution in [3.63, 3.8) is 0 Å². The van der Waals surface area contributed by atoms with E-state index < -0.39 is 0 Å². The van der Waals surface area contributed by atoms with Crippen LogP contribution in [-0.2, 0) is 6.54 Å². The molecular formula is C13H14ClN3S. The third kappa shape index (κ3) is 3.70. The fourth-order valence-corrected chi connectivity index (χ4v) is 2.52. The number of hydrogen-bond donors (Lipinski definition) is 1. The van der Waals surface area contributed by atoms with Crippen molar-refractivity contribution in [1.29, 1.82) is 0 Å². The highest BCUT2D eigenvalue weighted by Gasteiger charge is 2.04. The average Bonchev–Trinajstić information content (AvgIpc) is 2.40. The lowest BCUT2D eigenvalue weighted by molar-refractivity contribution is 0.726. The van der Waals surface area contributed by atoms with Crippen molar-refractivity contribution in [1.82, 2.24) is 15.3 Å². The number of rotatable bonds is 5. The molecule has 0 aliphatic rings. The molecule has 0 atom stereocenters. The second kappa shape index (κ2) is 6.73. The predicted molar refractivity (Wildman–Crippen MR) is 75.0 cm³/mol. The lowest BCUT2D eigenvalue weighted by Crippen LogP contribution is -2.11. The largest absolute Gasteiger partial charge is 0.313 e. The SMILES string of the molecule is CCNCc1ccc(Sc2ccncn2)c(Cl)c1. The van der Waals surface area contributed by atoms with Crippen molar-refractivity contribution in [2.75, 3.05) is 6.54 Å². The summed E-state index contributed by atoms with van der Waals surface area (Å²) in [5, 5.41) is 4.93. The first-order valence-electron chi connectivity index (χ1n) is 5.72. The summed E-state index contributed by atoms with van der Waals surface area (Å²) < 4.78 is 0. The molecule has 94 valence electrons. The van der Waals surface area contributed by atoms with Gasteiger partial charge in [-0.2, -0.15) is 0 Å². The number of benzene rings is 1. The van der Waals surface area contributed by atoms with Gasteiger partial charge in [-0.15, -0.1) is 0 Å². The van der Waals surface area contributed by atoms with Crippen LogP contribution in [0.15, 0.2) is 46.7 Å². The molecule has 1 N–H and O–H groups in total. The Morgan fingerprint density at radius 1 is 1.33 bits per heavy atom. The van der Waals surface area contributed by atoms with Gasteiger partial charge in [0.1, 0.15) is 11.4 Å². The molecular weight excluding hydrogens is 266 g/mol. The van der Waals surface area contributed by atoms with Crippen molar-refractivity contribution in [2.45, 2.75) is 23.4 Å². The molecule has 0 aliphatic heterocycles. The Labute approximate surface area is 116 Å². The summed E-state index contributed by atoms with van der Waals surface area (Å²) >= 11 is 7.81. The normalized spacial score (nSPS) is 10.6. The van der Waals surface area contributed by atoms with Gasteiger partial charge in [-0.25, -0.2) is 9.97 Å². The average molecular weight is 280 g/mol. The molecule has 0 amide bonds. The topological polar surface area (TPSA) is 37.8 Å². The van der Waals surface area contributed by atoms with E-state index in [1.165, 1.54) is 11.9 Å². The second-order valence-electron chi connectivity index (χ2n) is 3.69. The first kappa shape index (κ1) is 13.3. The minimum atomic E-state index is 0.758. The molecule has 0 radical (unpaired) electrons. The molecule has 3 nitrogen and oxygen atoms in total. The lowest BCUT2D eigenvalue weighted by atomic mass is 10.2. The Morgan fingerprint density at radius 2 is 2.22 bits per heavy atom. The highest BCUT2D eigenvalue weighted by molar-refractivity contribution is 7.99. The maximum absolute atomic E-state index is 6.27. The lowest BCUT2D eigenvalue weighted by Gasteiger charge is -2.06. The zero-order chi connectivity index (χ0) is 12.8. The molecule has 0 aliphatic carbocycles. The van der Waals surface area contributed by atoms with E-state index in [0.717, 1.165) is 28.0 Å². The van der Waals surface area contributed by atoms with Gasteiger partial charge >= 0.3 is 0 Å². The molecule has 1 heterocycles. The van der Waals surface area contributed by atoms with Gasteiger partial charge in [0, 0.05) is 17.6 Å². The van der Waals surface area contributed by atoms with E-state index in [4.69, 9.17) is 11.6 Å². The fourth-order valence-electron chi connectivity index (χ4n) is 1.46. The number of aromatic nitrogens is 2. The van der Waals surface area contributed by atoms with E-state index in [2.05, 4.69) is 28.3 Å². The van der Waals surface area contributed by atoms with E-state index in [9.17, 15) is 0 Å². The molecule has 5 heteroatoms. The molecule has 0 bridgehead atoms. The van der Waals surface area contributed by atoms with Gasteiger partial charge in [-0.3, -0.25) is 0 Å². The molecule has 0 saturated carbocycles. The molecule has 18 heavy (non-hydrogen) atoms. The van der Waals surface area contributed by atoms with Crippen LogP contribution in [0.3, 0.4) is 0 Å². The molecule has 1 aromatic heterocycles. The van der Waals surface area contributed by atoms with Crippen LogP contribution in [0.1, 0.15) is 12.5 Å². The Morgan fingerprint density at radius 3 is 2.89 bits per heavy atom. The van der Waals surface area contributed by atoms with E-state index in [-0.39, 0.29) is 0 Å². The van der Waals surface area contributed by atoms with Crippen LogP contribution in [0.5, 0.6) is 0 Å². The van der Waals surface area contributed by atoms with Crippen molar-refractivity contribution in [3.05, 3.63) is 47.4 Å². The van der Waals surface area contributed by atoms with Gasteiger partial charge in [-0.05, 0) is 30.3 Å². The van der Waals surface area contributed by atoms with Crippen LogP contribution in [0.25, 0.3) is 0 Å². The standard InChI is InChI=1S/C13H14ClN3S/c1-2-15-8-10-3-4-12(11(14)7-10)18-13-5-6-16-9-17-13/h3-7,9,15H,2,8H2,1H3. The van der Waals surface area contributed by atoms with Gasteiger partial charge in [0.05, 0.1) is 5.02 Å². The summed E-state index contributed by atoms with van der Waals surface area (Å²) in [6.07, 6.45) is 3.26. The molecule has 0 saturated heterocycles. The number of hydrogen-bond acceptors (Lipinski definition) is 4. The van der Waals surface area contributed by atoms with Crippen molar-refractivity contribution >= 4 is 23.4 Å². The minimum Gasteiger partial charge on any atom is -0.313 e. The summed E-state index contributed by atoms with van der Waals surface area (Å²) in [5.74, 6) is 0. The Hall–Kier alpha value is -1.10. The van der Waals surface area contributed by atoms with E-state index >= 15 is 0 Å². The Kier molecular flexibility index (Phi) is 4.99. The van der Waals surface area contributed by atoms with Crippen molar-refractivity contribution < 1.29 is 0 Å². The van der Waals surface area contributed by atoms with Gasteiger partial charge in [0.15, 0.2) is 0 Å². The van der Waals surface area contributed by atoms with Crippen LogP contribution in [0.2, 0.25) is 5.02 Å². The molecule has 0 unspecified atom stereocenters. The quantitative estimate of drug-likeness (QED) is 0.852. The van der Waals surface area contributed by atoms with Crippen LogP contribution >= 0.6 is 23.4 Å². The highest BCUT2D eigenvalue weighted by Crippen LogP contribution is 2.32. The van der Waals surface area contributed by atoms with Gasteiger partial charge < -0.3 is 5.32 Å². The molecule has 0 fully saturated rings. The molecule has 2 rings (SSSR count). The fraction of sp³-hybridized carbons (Fsp3) is 0.231. The van der Waals surface area contributed by atoms with E-state index in [0.29, 0.717) is 0 Å². The molecule has 0 spiro atoms. The third-order valence-corrected chi connectivity index (χ3v) is 3.80. The second-order valence-corrected chi connectivity index (χ2v) is 5.16. The summed E-state index contributed by atoms with van der Waals surface area (Å²) in [7, 11) is 0. The van der Waals surface area contributed by atoms with E-state index in [1.54, 1.807) is 18.0 Å². The van der Waals surface area contributed by atoms with Crippen LogP contribution in [-0.4, -0.2) is 16.5 Å². The summed E-state index contributed by atoms with van der Waals surface area (Å²) in [4.78, 5) is 9.07. The Bertz CT molecular complexity index is 505. The van der Waals surface area contributed by atoms with Gasteiger partial charge in [0.2, 0.25) is 0 Å². The maximum Gasteiger partial charge on any atom is 0.116 e. The van der Waals surface area contributed by atoms with Gasteiger partial charge in [-0.1, -0.05) is 36.4 Å². The first-order chi connectivity index (χ1) is 8.79. The summed E-state index contributed by atoms with van der Waals surface area (Å²) in [5.41, 5.74) is 1.19. The Balaban J connectivity index is 2.10. The monoisotopic (exact) mass is 279 g/mol. The summed E-state index contributed by atoms with van der Waals surface area (Å²) in [6.45, 7) is 3.88. The van der Waals surface area contributed by atoms with Crippen LogP contribution < -0.4 is 5.32 Å². The number of nitrogens with one attached hydrogen (secondary N) is 1. The van der Waals surface area contributed by atoms with Crippen molar-refractivity contribution in [2.24, 2.45) is 0 Å². The summed E-state index contributed by atoms with van der Waals surface area (Å²) in [6, 6.07) is 7.97. The molecule has 2 aromatic rings. The predicted octanol–water partition coefficient (Wildman–Crippen LogP) is 3.39. The third-order valence-electron chi connectivity index (χ3n) is 2.34. The smallest absolute Gasteiger partial charge is 0.116 e. The highest BCUT2D eigenvalue weighted by atomic mass is 35.5. The van der Waals surface area contributed by atoms with Crippen molar-refractivity contribution in [3.8, 4) is 0 Å². The van der Waals surface area contributed by atoms with Crippen LogP contribution in [0, 0.1) is 0 Å². The van der Waals surface area contributed by atoms with Gasteiger partial charge in [0.25, 0.3) is 0 Å². The molecule has 1 aromatic carbocycles. The number of nitrogens with zero attached hydrogens (tertiary/aromatic N) is 2. The zero-order valence-electron chi connectivity index (χ0n) is 10.1. The minimum absolute atomic E-state index is 0.758. The zero-order valence-corrected chi connectivity index (χ0v) is 11.6. The first-order valence-corrected chi connectivity index (χ1v) is 6.92. The maximum atomic E-state index is 6.27. The van der Waals surface area contributed by atoms with E-state index in [1.807, 2.05) is 18.2 Å². The number of halogens is 1.